The molecule has 0 aliphatic carbocycles. The van der Waals surface area contributed by atoms with E-state index >= 15 is 0 Å². The molecule has 1 N–H and O–H groups in total. The Hall–Kier alpha value is -1.43. The summed E-state index contributed by atoms with van der Waals surface area (Å²) in [6.07, 6.45) is 4.85. The number of aromatic nitrogens is 1. The van der Waals surface area contributed by atoms with E-state index < -0.39 is 6.04 Å². The van der Waals surface area contributed by atoms with E-state index in [0.29, 0.717) is 0 Å². The van der Waals surface area contributed by atoms with Gasteiger partial charge in [0.25, 0.3) is 0 Å². The summed E-state index contributed by atoms with van der Waals surface area (Å²) in [6.45, 7) is 3.91. The van der Waals surface area contributed by atoms with Crippen LogP contribution in [0.2, 0.25) is 0 Å². The topological polar surface area (TPSA) is 62.3 Å². The summed E-state index contributed by atoms with van der Waals surface area (Å²) in [5.41, 5.74) is 0. The third kappa shape index (κ3) is 3.32. The zero-order chi connectivity index (χ0) is 13.8. The van der Waals surface area contributed by atoms with E-state index in [2.05, 4.69) is 10.3 Å². The third-order valence-electron chi connectivity index (χ3n) is 3.31. The van der Waals surface area contributed by atoms with Gasteiger partial charge in [-0.1, -0.05) is 0 Å². The summed E-state index contributed by atoms with van der Waals surface area (Å²) in [5.74, 6) is -0.196. The van der Waals surface area contributed by atoms with Crippen LogP contribution in [0.3, 0.4) is 0 Å². The van der Waals surface area contributed by atoms with Crippen LogP contribution in [0.15, 0.2) is 11.6 Å². The lowest BCUT2D eigenvalue weighted by molar-refractivity contribution is -0.139. The van der Waals surface area contributed by atoms with Crippen LogP contribution in [-0.2, 0) is 9.59 Å². The first-order chi connectivity index (χ1) is 9.09. The highest BCUT2D eigenvalue weighted by Crippen LogP contribution is 2.32. The van der Waals surface area contributed by atoms with Crippen LogP contribution in [0.25, 0.3) is 0 Å². The number of nitrogens with zero attached hydrogens (tertiary/aromatic N) is 2. The van der Waals surface area contributed by atoms with Gasteiger partial charge in [0.1, 0.15) is 11.0 Å². The van der Waals surface area contributed by atoms with Crippen molar-refractivity contribution in [2.45, 2.75) is 45.2 Å². The molecule has 1 aromatic heterocycles. The second-order valence-electron chi connectivity index (χ2n) is 4.84. The standard InChI is InChI=1S/C13H19N3O2S/c1-9(15-10(2)17)13(18)16-7-4-3-5-11(16)12-14-6-8-19-12/h6,8-9,11H,3-5,7H2,1-2H3,(H,15,17)/t9-,11+/m1/s1. The van der Waals surface area contributed by atoms with Gasteiger partial charge in [0.2, 0.25) is 11.8 Å². The number of amides is 2. The molecule has 1 aromatic rings. The van der Waals surface area contributed by atoms with Crippen molar-refractivity contribution in [1.82, 2.24) is 15.2 Å². The Labute approximate surface area is 117 Å². The molecule has 0 aromatic carbocycles. The van der Waals surface area contributed by atoms with Crippen LogP contribution < -0.4 is 5.32 Å². The Morgan fingerprint density at radius 1 is 1.53 bits per heavy atom. The molecular formula is C13H19N3O2S. The maximum Gasteiger partial charge on any atom is 0.245 e. The molecule has 0 saturated carbocycles. The Morgan fingerprint density at radius 2 is 2.32 bits per heavy atom. The molecule has 104 valence electrons. The van der Waals surface area contributed by atoms with E-state index in [0.717, 1.165) is 30.8 Å². The number of piperidine rings is 1. The average Bonchev–Trinajstić information content (AvgIpc) is 2.91. The van der Waals surface area contributed by atoms with Gasteiger partial charge in [-0.25, -0.2) is 4.98 Å². The smallest absolute Gasteiger partial charge is 0.245 e. The van der Waals surface area contributed by atoms with Gasteiger partial charge >= 0.3 is 0 Å². The molecule has 2 atom stereocenters. The van der Waals surface area contributed by atoms with Gasteiger partial charge in [-0.15, -0.1) is 11.3 Å². The first kappa shape index (κ1) is 14.0. The molecule has 2 rings (SSSR count). The van der Waals surface area contributed by atoms with Crippen molar-refractivity contribution in [3.8, 4) is 0 Å². The number of nitrogens with one attached hydrogen (secondary N) is 1. The Kier molecular flexibility index (Phi) is 4.52. The molecule has 1 saturated heterocycles. The van der Waals surface area contributed by atoms with Crippen LogP contribution in [0.5, 0.6) is 0 Å². The summed E-state index contributed by atoms with van der Waals surface area (Å²) in [4.78, 5) is 29.7. The van der Waals surface area contributed by atoms with E-state index in [1.807, 2.05) is 10.3 Å². The van der Waals surface area contributed by atoms with Crippen molar-refractivity contribution in [2.24, 2.45) is 0 Å². The minimum atomic E-state index is -0.474. The van der Waals surface area contributed by atoms with Crippen molar-refractivity contribution in [2.75, 3.05) is 6.54 Å². The van der Waals surface area contributed by atoms with Crippen molar-refractivity contribution in [3.63, 3.8) is 0 Å². The Balaban J connectivity index is 2.11. The van der Waals surface area contributed by atoms with E-state index in [9.17, 15) is 9.59 Å². The normalized spacial score (nSPS) is 20.9. The van der Waals surface area contributed by atoms with Crippen LogP contribution in [-0.4, -0.2) is 34.3 Å². The molecule has 0 radical (unpaired) electrons. The first-order valence-corrected chi connectivity index (χ1v) is 7.44. The highest BCUT2D eigenvalue weighted by atomic mass is 32.1. The highest BCUT2D eigenvalue weighted by Gasteiger charge is 2.32. The Morgan fingerprint density at radius 3 is 2.95 bits per heavy atom. The molecule has 0 spiro atoms. The molecule has 19 heavy (non-hydrogen) atoms. The lowest BCUT2D eigenvalue weighted by atomic mass is 10.0. The molecule has 5 nitrogen and oxygen atoms in total. The molecule has 1 aliphatic rings. The van der Waals surface area contributed by atoms with Gasteiger partial charge in [-0.2, -0.15) is 0 Å². The molecule has 1 fully saturated rings. The van der Waals surface area contributed by atoms with E-state index in [-0.39, 0.29) is 17.9 Å². The van der Waals surface area contributed by atoms with Gasteiger partial charge < -0.3 is 10.2 Å². The fourth-order valence-electron chi connectivity index (χ4n) is 2.47. The van der Waals surface area contributed by atoms with Crippen molar-refractivity contribution in [3.05, 3.63) is 16.6 Å². The molecule has 2 amide bonds. The lowest BCUT2D eigenvalue weighted by Crippen LogP contribution is -2.49. The van der Waals surface area contributed by atoms with Crippen LogP contribution >= 0.6 is 11.3 Å². The number of thiazole rings is 1. The van der Waals surface area contributed by atoms with Gasteiger partial charge in [0.15, 0.2) is 0 Å². The van der Waals surface area contributed by atoms with Gasteiger partial charge in [0, 0.05) is 25.0 Å². The van der Waals surface area contributed by atoms with E-state index in [4.69, 9.17) is 0 Å². The fourth-order valence-corrected chi connectivity index (χ4v) is 3.25. The maximum absolute atomic E-state index is 12.4. The number of likely N-dealkylation sites (tertiary alicyclic amines) is 1. The van der Waals surface area contributed by atoms with Gasteiger partial charge in [0.05, 0.1) is 6.04 Å². The number of hydrogen-bond donors (Lipinski definition) is 1. The number of carbonyl (C=O) groups is 2. The first-order valence-electron chi connectivity index (χ1n) is 6.56. The molecular weight excluding hydrogens is 262 g/mol. The van der Waals surface area contributed by atoms with Crippen molar-refractivity contribution >= 4 is 23.2 Å². The average molecular weight is 281 g/mol. The quantitative estimate of drug-likeness (QED) is 0.917. The summed E-state index contributed by atoms with van der Waals surface area (Å²) < 4.78 is 0. The summed E-state index contributed by atoms with van der Waals surface area (Å²) in [6, 6.07) is -0.407. The number of rotatable bonds is 3. The van der Waals surface area contributed by atoms with Crippen LogP contribution in [0.1, 0.15) is 44.2 Å². The predicted molar refractivity (Wildman–Crippen MR) is 73.7 cm³/mol. The van der Waals surface area contributed by atoms with Crippen LogP contribution in [0, 0.1) is 0 Å². The van der Waals surface area contributed by atoms with Gasteiger partial charge in [-0.3, -0.25) is 9.59 Å². The molecule has 2 heterocycles. The molecule has 6 heteroatoms. The van der Waals surface area contributed by atoms with Crippen LogP contribution in [0.4, 0.5) is 0 Å². The SMILES string of the molecule is CC(=O)N[C@H](C)C(=O)N1CCCC[C@H]1c1nccs1. The van der Waals surface area contributed by atoms with Gasteiger partial charge in [-0.05, 0) is 26.2 Å². The van der Waals surface area contributed by atoms with E-state index in [1.165, 1.54) is 6.92 Å². The minimum Gasteiger partial charge on any atom is -0.345 e. The zero-order valence-electron chi connectivity index (χ0n) is 11.3. The Bertz CT molecular complexity index is 447. The molecule has 0 unspecified atom stereocenters. The minimum absolute atomic E-state index is 0.0184. The lowest BCUT2D eigenvalue weighted by Gasteiger charge is -2.36. The maximum atomic E-state index is 12.4. The molecule has 1 aliphatic heterocycles. The second kappa shape index (κ2) is 6.14. The monoisotopic (exact) mass is 281 g/mol. The summed E-state index contributed by atoms with van der Waals surface area (Å²) in [5, 5.41) is 5.58. The van der Waals surface area contributed by atoms with Crippen molar-refractivity contribution in [1.29, 1.82) is 0 Å². The highest BCUT2D eigenvalue weighted by molar-refractivity contribution is 7.09. The zero-order valence-corrected chi connectivity index (χ0v) is 12.1. The fraction of sp³-hybridized carbons (Fsp3) is 0.615. The largest absolute Gasteiger partial charge is 0.345 e. The number of carbonyl (C=O) groups excluding carboxylic acids is 2. The second-order valence-corrected chi connectivity index (χ2v) is 5.76. The third-order valence-corrected chi connectivity index (χ3v) is 4.19. The summed E-state index contributed by atoms with van der Waals surface area (Å²) in [7, 11) is 0. The summed E-state index contributed by atoms with van der Waals surface area (Å²) >= 11 is 1.58. The van der Waals surface area contributed by atoms with Crippen molar-refractivity contribution < 1.29 is 9.59 Å². The molecule has 0 bridgehead atoms. The van der Waals surface area contributed by atoms with E-state index in [1.54, 1.807) is 24.5 Å². The predicted octanol–water partition coefficient (Wildman–Crippen LogP) is 1.72. The number of hydrogen-bond acceptors (Lipinski definition) is 4.